The van der Waals surface area contributed by atoms with Crippen molar-refractivity contribution in [2.75, 3.05) is 17.7 Å². The van der Waals surface area contributed by atoms with Gasteiger partial charge in [0.05, 0.1) is 0 Å². The lowest BCUT2D eigenvalue weighted by atomic mass is 10.1. The fraction of sp³-hybridized carbons (Fsp3) is 0.385. The molecule has 0 aromatic heterocycles. The maximum Gasteiger partial charge on any atom is 0.0412 e. The first-order valence-corrected chi connectivity index (χ1v) is 5.42. The van der Waals surface area contributed by atoms with E-state index in [4.69, 9.17) is 0 Å². The van der Waals surface area contributed by atoms with Crippen LogP contribution in [-0.4, -0.2) is 13.1 Å². The highest BCUT2D eigenvalue weighted by Crippen LogP contribution is 2.21. The van der Waals surface area contributed by atoms with Gasteiger partial charge in [0.15, 0.2) is 0 Å². The second-order valence-corrected chi connectivity index (χ2v) is 3.71. The molecule has 0 saturated carbocycles. The molecule has 0 spiro atoms. The van der Waals surface area contributed by atoms with E-state index < -0.39 is 0 Å². The number of hydrogen-bond donors (Lipinski definition) is 2. The topological polar surface area (TPSA) is 24.1 Å². The van der Waals surface area contributed by atoms with Crippen LogP contribution in [-0.2, 0) is 0 Å². The number of benzene rings is 1. The maximum atomic E-state index is 3.81. The van der Waals surface area contributed by atoms with Gasteiger partial charge in [-0.15, -0.1) is 0 Å². The molecule has 2 heteroatoms. The molecule has 0 fully saturated rings. The summed E-state index contributed by atoms with van der Waals surface area (Å²) in [6.07, 6.45) is 2.99. The minimum absolute atomic E-state index is 0.503. The standard InChI is InChI=1S/C13H20N2/c1-5-10(3)15-12-7-8-13(14-4)11(6-2)9-12/h6-10,14-15H,2,5H2,1,3-4H3. The zero-order chi connectivity index (χ0) is 11.3. The quantitative estimate of drug-likeness (QED) is 0.766. The fourth-order valence-electron chi connectivity index (χ4n) is 1.44. The molecule has 82 valence electrons. The van der Waals surface area contributed by atoms with Crippen LogP contribution >= 0.6 is 0 Å². The first-order chi connectivity index (χ1) is 7.21. The minimum Gasteiger partial charge on any atom is -0.388 e. The van der Waals surface area contributed by atoms with Crippen molar-refractivity contribution in [1.82, 2.24) is 0 Å². The van der Waals surface area contributed by atoms with Crippen LogP contribution in [0.2, 0.25) is 0 Å². The predicted molar refractivity (Wildman–Crippen MR) is 69.5 cm³/mol. The Hall–Kier alpha value is -1.44. The summed E-state index contributed by atoms with van der Waals surface area (Å²) < 4.78 is 0. The smallest absolute Gasteiger partial charge is 0.0412 e. The fourth-order valence-corrected chi connectivity index (χ4v) is 1.44. The monoisotopic (exact) mass is 204 g/mol. The Balaban J connectivity index is 2.88. The number of anilines is 2. The second-order valence-electron chi connectivity index (χ2n) is 3.71. The van der Waals surface area contributed by atoms with E-state index in [0.29, 0.717) is 6.04 Å². The lowest BCUT2D eigenvalue weighted by Crippen LogP contribution is -2.13. The molecule has 15 heavy (non-hydrogen) atoms. The van der Waals surface area contributed by atoms with Gasteiger partial charge in [-0.05, 0) is 37.1 Å². The Labute approximate surface area is 92.4 Å². The second kappa shape index (κ2) is 5.44. The third kappa shape index (κ3) is 3.01. The van der Waals surface area contributed by atoms with Crippen LogP contribution in [0.3, 0.4) is 0 Å². The average molecular weight is 204 g/mol. The van der Waals surface area contributed by atoms with Crippen LogP contribution < -0.4 is 10.6 Å². The van der Waals surface area contributed by atoms with E-state index in [-0.39, 0.29) is 0 Å². The minimum atomic E-state index is 0.503. The highest BCUT2D eigenvalue weighted by molar-refractivity contribution is 5.70. The summed E-state index contributed by atoms with van der Waals surface area (Å²) in [6.45, 7) is 8.17. The Morgan fingerprint density at radius 2 is 2.20 bits per heavy atom. The molecule has 1 atom stereocenters. The summed E-state index contributed by atoms with van der Waals surface area (Å²) in [5.74, 6) is 0. The molecule has 1 aromatic carbocycles. The van der Waals surface area contributed by atoms with Crippen molar-refractivity contribution in [3.05, 3.63) is 30.3 Å². The van der Waals surface area contributed by atoms with Crippen LogP contribution in [0.4, 0.5) is 11.4 Å². The van der Waals surface area contributed by atoms with E-state index >= 15 is 0 Å². The van der Waals surface area contributed by atoms with Gasteiger partial charge in [-0.3, -0.25) is 0 Å². The number of rotatable bonds is 5. The van der Waals surface area contributed by atoms with Crippen molar-refractivity contribution in [3.8, 4) is 0 Å². The molecule has 0 heterocycles. The Kier molecular flexibility index (Phi) is 4.22. The van der Waals surface area contributed by atoms with Crippen LogP contribution in [0.1, 0.15) is 25.8 Å². The zero-order valence-electron chi connectivity index (χ0n) is 9.80. The van der Waals surface area contributed by atoms with E-state index in [9.17, 15) is 0 Å². The average Bonchev–Trinajstić information content (AvgIpc) is 2.28. The van der Waals surface area contributed by atoms with E-state index in [1.165, 1.54) is 0 Å². The predicted octanol–water partition coefficient (Wildman–Crippen LogP) is 3.58. The van der Waals surface area contributed by atoms with Crippen LogP contribution in [0, 0.1) is 0 Å². The Morgan fingerprint density at radius 3 is 2.73 bits per heavy atom. The summed E-state index contributed by atoms with van der Waals surface area (Å²) >= 11 is 0. The summed E-state index contributed by atoms with van der Waals surface area (Å²) in [7, 11) is 1.92. The van der Waals surface area contributed by atoms with Gasteiger partial charge in [-0.1, -0.05) is 19.6 Å². The molecule has 0 saturated heterocycles. The third-order valence-electron chi connectivity index (χ3n) is 2.57. The van der Waals surface area contributed by atoms with Gasteiger partial charge >= 0.3 is 0 Å². The lowest BCUT2D eigenvalue weighted by Gasteiger charge is -2.15. The summed E-state index contributed by atoms with van der Waals surface area (Å²) in [5, 5.41) is 6.58. The molecular weight excluding hydrogens is 184 g/mol. The molecule has 2 N–H and O–H groups in total. The SMILES string of the molecule is C=Cc1cc(NC(C)CC)ccc1NC. The molecule has 0 aliphatic rings. The third-order valence-corrected chi connectivity index (χ3v) is 2.57. The van der Waals surface area contributed by atoms with E-state index in [1.54, 1.807) is 0 Å². The molecule has 0 aliphatic heterocycles. The van der Waals surface area contributed by atoms with Crippen molar-refractivity contribution in [2.45, 2.75) is 26.3 Å². The maximum absolute atomic E-state index is 3.81. The highest BCUT2D eigenvalue weighted by atomic mass is 14.9. The van der Waals surface area contributed by atoms with Gasteiger partial charge in [-0.2, -0.15) is 0 Å². The molecule has 0 amide bonds. The largest absolute Gasteiger partial charge is 0.388 e. The summed E-state index contributed by atoms with van der Waals surface area (Å²) in [5.41, 5.74) is 3.39. The van der Waals surface area contributed by atoms with Crippen LogP contribution in [0.25, 0.3) is 6.08 Å². The van der Waals surface area contributed by atoms with Crippen molar-refractivity contribution >= 4 is 17.5 Å². The number of nitrogens with one attached hydrogen (secondary N) is 2. The van der Waals surface area contributed by atoms with Gasteiger partial charge in [0, 0.05) is 24.5 Å². The molecule has 1 aromatic rings. The Bertz CT molecular complexity index is 331. The Morgan fingerprint density at radius 1 is 1.47 bits per heavy atom. The molecule has 0 bridgehead atoms. The van der Waals surface area contributed by atoms with Gasteiger partial charge < -0.3 is 10.6 Å². The van der Waals surface area contributed by atoms with E-state index in [1.807, 2.05) is 13.1 Å². The van der Waals surface area contributed by atoms with Gasteiger partial charge in [-0.25, -0.2) is 0 Å². The normalized spacial score (nSPS) is 11.9. The van der Waals surface area contributed by atoms with E-state index in [0.717, 1.165) is 23.4 Å². The highest BCUT2D eigenvalue weighted by Gasteiger charge is 2.01. The van der Waals surface area contributed by atoms with Crippen LogP contribution in [0.5, 0.6) is 0 Å². The van der Waals surface area contributed by atoms with Gasteiger partial charge in [0.2, 0.25) is 0 Å². The van der Waals surface area contributed by atoms with Crippen molar-refractivity contribution < 1.29 is 0 Å². The van der Waals surface area contributed by atoms with E-state index in [2.05, 4.69) is 49.3 Å². The molecule has 1 unspecified atom stereocenters. The lowest BCUT2D eigenvalue weighted by molar-refractivity contribution is 0.764. The molecule has 1 rings (SSSR count). The molecule has 0 aliphatic carbocycles. The first kappa shape index (κ1) is 11.6. The van der Waals surface area contributed by atoms with Crippen LogP contribution in [0.15, 0.2) is 24.8 Å². The first-order valence-electron chi connectivity index (χ1n) is 5.42. The summed E-state index contributed by atoms with van der Waals surface area (Å²) in [6, 6.07) is 6.78. The summed E-state index contributed by atoms with van der Waals surface area (Å²) in [4.78, 5) is 0. The molecular formula is C13H20N2. The molecule has 0 radical (unpaired) electrons. The zero-order valence-corrected chi connectivity index (χ0v) is 9.80. The van der Waals surface area contributed by atoms with Gasteiger partial charge in [0.1, 0.15) is 0 Å². The van der Waals surface area contributed by atoms with Gasteiger partial charge in [0.25, 0.3) is 0 Å². The van der Waals surface area contributed by atoms with Crippen molar-refractivity contribution in [2.24, 2.45) is 0 Å². The number of hydrogen-bond acceptors (Lipinski definition) is 2. The molecule has 2 nitrogen and oxygen atoms in total. The van der Waals surface area contributed by atoms with Crippen molar-refractivity contribution in [1.29, 1.82) is 0 Å². The van der Waals surface area contributed by atoms with Crippen molar-refractivity contribution in [3.63, 3.8) is 0 Å².